The van der Waals surface area contributed by atoms with E-state index in [0.29, 0.717) is 13.0 Å². The van der Waals surface area contributed by atoms with Gasteiger partial charge in [-0.2, -0.15) is 0 Å². The number of amides is 1. The van der Waals surface area contributed by atoms with E-state index >= 15 is 0 Å². The van der Waals surface area contributed by atoms with Crippen LogP contribution in [-0.2, 0) is 4.79 Å². The molecule has 1 heterocycles. The maximum atomic E-state index is 12.3. The SMILES string of the molecule is Cc1ccc(N2CC(C)NC(CCO)C2=O)cc1. The second kappa shape index (κ2) is 5.50. The molecule has 0 spiro atoms. The zero-order chi connectivity index (χ0) is 13.1. The quantitative estimate of drug-likeness (QED) is 0.841. The molecule has 1 aromatic rings. The Bertz CT molecular complexity index is 416. The Hall–Kier alpha value is -1.39. The van der Waals surface area contributed by atoms with E-state index in [2.05, 4.69) is 12.2 Å². The second-order valence-corrected chi connectivity index (χ2v) is 4.92. The topological polar surface area (TPSA) is 52.6 Å². The highest BCUT2D eigenvalue weighted by atomic mass is 16.3. The van der Waals surface area contributed by atoms with E-state index in [-0.39, 0.29) is 24.6 Å². The number of carbonyl (C=O) groups excluding carboxylic acids is 1. The lowest BCUT2D eigenvalue weighted by molar-refractivity contribution is -0.122. The van der Waals surface area contributed by atoms with Crippen LogP contribution >= 0.6 is 0 Å². The van der Waals surface area contributed by atoms with Crippen LogP contribution in [0.25, 0.3) is 0 Å². The van der Waals surface area contributed by atoms with Crippen molar-refractivity contribution in [3.8, 4) is 0 Å². The van der Waals surface area contributed by atoms with Crippen molar-refractivity contribution in [3.05, 3.63) is 29.8 Å². The molecule has 18 heavy (non-hydrogen) atoms. The minimum absolute atomic E-state index is 0.0257. The maximum Gasteiger partial charge on any atom is 0.244 e. The summed E-state index contributed by atoms with van der Waals surface area (Å²) in [6, 6.07) is 7.93. The monoisotopic (exact) mass is 248 g/mol. The van der Waals surface area contributed by atoms with E-state index in [4.69, 9.17) is 5.11 Å². The highest BCUT2D eigenvalue weighted by molar-refractivity contribution is 5.98. The van der Waals surface area contributed by atoms with E-state index in [1.165, 1.54) is 5.56 Å². The number of nitrogens with one attached hydrogen (secondary N) is 1. The smallest absolute Gasteiger partial charge is 0.244 e. The lowest BCUT2D eigenvalue weighted by Crippen LogP contribution is -2.59. The molecule has 2 rings (SSSR count). The predicted molar refractivity (Wildman–Crippen MR) is 71.6 cm³/mol. The number of anilines is 1. The number of aryl methyl sites for hydroxylation is 1. The van der Waals surface area contributed by atoms with Gasteiger partial charge < -0.3 is 15.3 Å². The first-order valence-electron chi connectivity index (χ1n) is 6.37. The van der Waals surface area contributed by atoms with Crippen LogP contribution in [-0.4, -0.2) is 36.2 Å². The fraction of sp³-hybridized carbons (Fsp3) is 0.500. The van der Waals surface area contributed by atoms with E-state index in [1.54, 1.807) is 4.90 Å². The molecule has 0 aromatic heterocycles. The van der Waals surface area contributed by atoms with Gasteiger partial charge in [-0.05, 0) is 32.4 Å². The highest BCUT2D eigenvalue weighted by Gasteiger charge is 2.32. The summed E-state index contributed by atoms with van der Waals surface area (Å²) in [5, 5.41) is 12.2. The second-order valence-electron chi connectivity index (χ2n) is 4.92. The summed E-state index contributed by atoms with van der Waals surface area (Å²) in [6.45, 7) is 4.78. The Morgan fingerprint density at radius 1 is 1.39 bits per heavy atom. The van der Waals surface area contributed by atoms with Crippen LogP contribution in [0.4, 0.5) is 5.69 Å². The molecule has 0 radical (unpaired) electrons. The maximum absolute atomic E-state index is 12.3. The van der Waals surface area contributed by atoms with Gasteiger partial charge in [0.25, 0.3) is 0 Å². The van der Waals surface area contributed by atoms with Gasteiger partial charge in [-0.1, -0.05) is 17.7 Å². The number of piperazine rings is 1. The average Bonchev–Trinajstić information content (AvgIpc) is 2.35. The van der Waals surface area contributed by atoms with Crippen molar-refractivity contribution >= 4 is 11.6 Å². The molecule has 2 unspecified atom stereocenters. The third-order valence-electron chi connectivity index (χ3n) is 3.27. The number of hydrogen-bond acceptors (Lipinski definition) is 3. The van der Waals surface area contributed by atoms with Gasteiger partial charge in [0, 0.05) is 24.9 Å². The fourth-order valence-electron chi connectivity index (χ4n) is 2.31. The van der Waals surface area contributed by atoms with Crippen molar-refractivity contribution in [1.29, 1.82) is 0 Å². The summed E-state index contributed by atoms with van der Waals surface area (Å²) >= 11 is 0. The number of hydrogen-bond donors (Lipinski definition) is 2. The van der Waals surface area contributed by atoms with Crippen LogP contribution in [0.15, 0.2) is 24.3 Å². The first-order chi connectivity index (χ1) is 8.61. The fourth-order valence-corrected chi connectivity index (χ4v) is 2.31. The highest BCUT2D eigenvalue weighted by Crippen LogP contribution is 2.20. The summed E-state index contributed by atoms with van der Waals surface area (Å²) < 4.78 is 0. The third kappa shape index (κ3) is 2.71. The molecule has 0 aliphatic carbocycles. The van der Waals surface area contributed by atoms with Crippen LogP contribution < -0.4 is 10.2 Å². The number of aliphatic hydroxyl groups is 1. The van der Waals surface area contributed by atoms with Gasteiger partial charge in [0.05, 0.1) is 6.04 Å². The Labute approximate surface area is 108 Å². The zero-order valence-corrected chi connectivity index (χ0v) is 10.9. The number of rotatable bonds is 3. The van der Waals surface area contributed by atoms with Crippen molar-refractivity contribution in [3.63, 3.8) is 0 Å². The van der Waals surface area contributed by atoms with Crippen molar-refractivity contribution < 1.29 is 9.90 Å². The Morgan fingerprint density at radius 2 is 2.06 bits per heavy atom. The lowest BCUT2D eigenvalue weighted by Gasteiger charge is -2.37. The van der Waals surface area contributed by atoms with Crippen LogP contribution in [0.1, 0.15) is 18.9 Å². The summed E-state index contributed by atoms with van der Waals surface area (Å²) in [5.74, 6) is 0.0472. The van der Waals surface area contributed by atoms with Crippen molar-refractivity contribution in [1.82, 2.24) is 5.32 Å². The molecule has 2 N–H and O–H groups in total. The van der Waals surface area contributed by atoms with Crippen LogP contribution in [0.5, 0.6) is 0 Å². The van der Waals surface area contributed by atoms with Gasteiger partial charge >= 0.3 is 0 Å². The first-order valence-corrected chi connectivity index (χ1v) is 6.37. The van der Waals surface area contributed by atoms with Gasteiger partial charge in [-0.25, -0.2) is 0 Å². The van der Waals surface area contributed by atoms with Crippen molar-refractivity contribution in [2.45, 2.75) is 32.4 Å². The van der Waals surface area contributed by atoms with Crippen molar-refractivity contribution in [2.75, 3.05) is 18.1 Å². The largest absolute Gasteiger partial charge is 0.396 e. The van der Waals surface area contributed by atoms with Gasteiger partial charge in [-0.15, -0.1) is 0 Å². The molecule has 0 bridgehead atoms. The third-order valence-corrected chi connectivity index (χ3v) is 3.27. The molecule has 1 saturated heterocycles. The summed E-state index contributed by atoms with van der Waals surface area (Å²) in [5.41, 5.74) is 2.11. The lowest BCUT2D eigenvalue weighted by atomic mass is 10.1. The molecule has 1 aromatic carbocycles. The number of carbonyl (C=O) groups is 1. The van der Waals surface area contributed by atoms with Gasteiger partial charge in [0.2, 0.25) is 5.91 Å². The minimum atomic E-state index is -0.278. The van der Waals surface area contributed by atoms with Gasteiger partial charge in [0.1, 0.15) is 0 Å². The molecule has 1 amide bonds. The van der Waals surface area contributed by atoms with E-state index < -0.39 is 0 Å². The summed E-state index contributed by atoms with van der Waals surface area (Å²) in [4.78, 5) is 14.1. The molecular weight excluding hydrogens is 228 g/mol. The molecule has 0 saturated carbocycles. The average molecular weight is 248 g/mol. The zero-order valence-electron chi connectivity index (χ0n) is 10.9. The van der Waals surface area contributed by atoms with E-state index in [0.717, 1.165) is 5.69 Å². The molecule has 1 aliphatic heterocycles. The van der Waals surface area contributed by atoms with E-state index in [1.807, 2.05) is 31.2 Å². The Morgan fingerprint density at radius 3 is 2.67 bits per heavy atom. The predicted octanol–water partition coefficient (Wildman–Crippen LogP) is 1.07. The summed E-state index contributed by atoms with van der Waals surface area (Å²) in [7, 11) is 0. The molecule has 1 fully saturated rings. The minimum Gasteiger partial charge on any atom is -0.396 e. The molecule has 1 aliphatic rings. The molecule has 4 nitrogen and oxygen atoms in total. The Balaban J connectivity index is 2.20. The summed E-state index contributed by atoms with van der Waals surface area (Å²) in [6.07, 6.45) is 0.464. The van der Waals surface area contributed by atoms with Crippen LogP contribution in [0.2, 0.25) is 0 Å². The van der Waals surface area contributed by atoms with Crippen LogP contribution in [0.3, 0.4) is 0 Å². The first kappa shape index (κ1) is 13.1. The molecule has 2 atom stereocenters. The standard InChI is InChI=1S/C14H20N2O2/c1-10-3-5-12(6-4-10)16-9-11(2)15-13(7-8-17)14(16)18/h3-6,11,13,15,17H,7-9H2,1-2H3. The van der Waals surface area contributed by atoms with Gasteiger partial charge in [-0.3, -0.25) is 4.79 Å². The molecular formula is C14H20N2O2. The molecule has 98 valence electrons. The van der Waals surface area contributed by atoms with Crippen LogP contribution in [0, 0.1) is 6.92 Å². The number of benzene rings is 1. The van der Waals surface area contributed by atoms with Gasteiger partial charge in [0.15, 0.2) is 0 Å². The molecule has 4 heteroatoms. The number of nitrogens with zero attached hydrogens (tertiary/aromatic N) is 1. The van der Waals surface area contributed by atoms with E-state index in [9.17, 15) is 4.79 Å². The number of aliphatic hydroxyl groups excluding tert-OH is 1. The van der Waals surface area contributed by atoms with Crippen molar-refractivity contribution in [2.24, 2.45) is 0 Å². The normalized spacial score (nSPS) is 24.4. The Kier molecular flexibility index (Phi) is 3.99.